The van der Waals surface area contributed by atoms with Gasteiger partial charge in [-0.3, -0.25) is 5.10 Å². The lowest BCUT2D eigenvalue weighted by Crippen LogP contribution is -2.17. The number of halogens is 1. The van der Waals surface area contributed by atoms with Gasteiger partial charge in [0.15, 0.2) is 0 Å². The van der Waals surface area contributed by atoms with E-state index in [0.29, 0.717) is 5.92 Å². The molecule has 26 heavy (non-hydrogen) atoms. The lowest BCUT2D eigenvalue weighted by Gasteiger charge is -2.25. The summed E-state index contributed by atoms with van der Waals surface area (Å²) in [6.07, 6.45) is 7.62. The molecule has 2 aliphatic rings. The Morgan fingerprint density at radius 1 is 1.15 bits per heavy atom. The van der Waals surface area contributed by atoms with Crippen LogP contribution in [-0.4, -0.2) is 29.2 Å². The predicted octanol–water partition coefficient (Wildman–Crippen LogP) is 4.81. The van der Waals surface area contributed by atoms with E-state index in [-0.39, 0.29) is 11.2 Å². The number of nitrogens with zero attached hydrogens (tertiary/aromatic N) is 2. The van der Waals surface area contributed by atoms with Crippen LogP contribution in [0.15, 0.2) is 42.1 Å². The number of H-pyrrole nitrogens is 1. The van der Waals surface area contributed by atoms with E-state index < -0.39 is 0 Å². The fraction of sp³-hybridized carbons (Fsp3) is 0.409. The van der Waals surface area contributed by atoms with Crippen LogP contribution in [0.3, 0.4) is 0 Å². The van der Waals surface area contributed by atoms with Crippen molar-refractivity contribution in [2.24, 2.45) is 5.92 Å². The lowest BCUT2D eigenvalue weighted by molar-refractivity contribution is 0.464. The molecule has 2 aliphatic carbocycles. The van der Waals surface area contributed by atoms with Crippen LogP contribution in [0, 0.1) is 18.7 Å². The summed E-state index contributed by atoms with van der Waals surface area (Å²) in [5.41, 5.74) is 7.30. The molecule has 4 rings (SSSR count). The van der Waals surface area contributed by atoms with Gasteiger partial charge in [0.05, 0.1) is 5.69 Å². The summed E-state index contributed by atoms with van der Waals surface area (Å²) in [5.74, 6) is 0.254. The molecule has 3 nitrogen and oxygen atoms in total. The molecule has 1 fully saturated rings. The molecule has 0 bridgehead atoms. The number of nitrogens with one attached hydrogen (secondary N) is 1. The van der Waals surface area contributed by atoms with Gasteiger partial charge < -0.3 is 4.90 Å². The summed E-state index contributed by atoms with van der Waals surface area (Å²) in [5, 5.41) is 8.02. The van der Waals surface area contributed by atoms with Crippen molar-refractivity contribution >= 4 is 5.57 Å². The maximum absolute atomic E-state index is 13.3. The van der Waals surface area contributed by atoms with Gasteiger partial charge in [0.2, 0.25) is 0 Å². The molecule has 1 aromatic heterocycles. The van der Waals surface area contributed by atoms with Gasteiger partial charge in [-0.05, 0) is 67.0 Å². The van der Waals surface area contributed by atoms with Crippen LogP contribution >= 0.6 is 0 Å². The number of allylic oxidation sites excluding steroid dienone is 4. The van der Waals surface area contributed by atoms with Gasteiger partial charge in [-0.15, -0.1) is 0 Å². The first-order valence-electron chi connectivity index (χ1n) is 9.32. The second-order valence-corrected chi connectivity index (χ2v) is 7.94. The average molecular weight is 351 g/mol. The first-order chi connectivity index (χ1) is 12.4. The zero-order valence-corrected chi connectivity index (χ0v) is 15.9. The van der Waals surface area contributed by atoms with E-state index in [4.69, 9.17) is 5.10 Å². The van der Waals surface area contributed by atoms with Crippen molar-refractivity contribution in [2.45, 2.75) is 38.5 Å². The molecule has 0 saturated heterocycles. The van der Waals surface area contributed by atoms with Crippen LogP contribution in [0.5, 0.6) is 0 Å². The van der Waals surface area contributed by atoms with E-state index in [2.05, 4.69) is 50.1 Å². The Hall–Kier alpha value is -2.36. The first kappa shape index (κ1) is 17.1. The maximum atomic E-state index is 13.3. The molecular weight excluding hydrogens is 325 g/mol. The second-order valence-electron chi connectivity index (χ2n) is 7.94. The number of benzene rings is 1. The van der Waals surface area contributed by atoms with E-state index in [0.717, 1.165) is 25.0 Å². The van der Waals surface area contributed by atoms with E-state index in [1.165, 1.54) is 28.1 Å². The average Bonchev–Trinajstić information content (AvgIpc) is 3.32. The van der Waals surface area contributed by atoms with Crippen molar-refractivity contribution in [3.8, 4) is 0 Å². The van der Waals surface area contributed by atoms with Crippen molar-refractivity contribution in [3.63, 3.8) is 0 Å². The quantitative estimate of drug-likeness (QED) is 0.857. The number of hydrogen-bond donors (Lipinski definition) is 1. The van der Waals surface area contributed by atoms with Crippen molar-refractivity contribution < 1.29 is 4.39 Å². The Labute approximate surface area is 154 Å². The van der Waals surface area contributed by atoms with E-state index in [9.17, 15) is 4.39 Å². The molecule has 1 aromatic carbocycles. The highest BCUT2D eigenvalue weighted by atomic mass is 19.1. The normalized spacial score (nSPS) is 21.2. The molecule has 1 atom stereocenters. The van der Waals surface area contributed by atoms with Crippen LogP contribution in [0.4, 0.5) is 4.39 Å². The number of rotatable bonds is 4. The molecule has 0 aliphatic heterocycles. The van der Waals surface area contributed by atoms with Crippen molar-refractivity contribution in [1.82, 2.24) is 15.1 Å². The topological polar surface area (TPSA) is 31.9 Å². The van der Waals surface area contributed by atoms with Crippen LogP contribution in [0.2, 0.25) is 0 Å². The largest absolute Gasteiger partial charge is 0.381 e. The first-order valence-corrected chi connectivity index (χ1v) is 9.32. The molecule has 0 radical (unpaired) electrons. The number of aromatic amines is 1. The van der Waals surface area contributed by atoms with Crippen LogP contribution in [0.1, 0.15) is 48.7 Å². The van der Waals surface area contributed by atoms with E-state index in [1.807, 2.05) is 12.1 Å². The number of hydrogen-bond acceptors (Lipinski definition) is 2. The zero-order valence-electron chi connectivity index (χ0n) is 15.9. The van der Waals surface area contributed by atoms with Gasteiger partial charge in [-0.25, -0.2) is 4.39 Å². The van der Waals surface area contributed by atoms with Gasteiger partial charge >= 0.3 is 0 Å². The third-order valence-electron chi connectivity index (χ3n) is 5.98. The molecule has 0 spiro atoms. The monoisotopic (exact) mass is 351 g/mol. The minimum absolute atomic E-state index is 0.0217. The summed E-state index contributed by atoms with van der Waals surface area (Å²) in [4.78, 5) is 2.18. The SMILES string of the molecule is Cc1c(C2=CC=C(N(C)C)CC2C)n[nH]c1C1(c2ccc(F)cc2)CC1. The Balaban J connectivity index is 1.71. The minimum atomic E-state index is -0.184. The molecule has 4 heteroatoms. The molecule has 1 heterocycles. The highest BCUT2D eigenvalue weighted by Crippen LogP contribution is 2.54. The number of aromatic nitrogens is 2. The third-order valence-corrected chi connectivity index (χ3v) is 5.98. The third kappa shape index (κ3) is 2.68. The Morgan fingerprint density at radius 2 is 1.85 bits per heavy atom. The van der Waals surface area contributed by atoms with Gasteiger partial charge in [0, 0.05) is 30.9 Å². The standard InChI is InChI=1S/C22H26FN3/c1-14-13-18(26(3)4)9-10-19(14)20-15(2)21(25-24-20)22(11-12-22)16-5-7-17(23)8-6-16/h5-10,14H,11-13H2,1-4H3,(H,24,25). The summed E-state index contributed by atoms with van der Waals surface area (Å²) in [7, 11) is 4.18. The molecular formula is C22H26FN3. The molecule has 1 saturated carbocycles. The van der Waals surface area contributed by atoms with Gasteiger partial charge in [0.1, 0.15) is 5.82 Å². The summed E-state index contributed by atoms with van der Waals surface area (Å²) in [6.45, 7) is 4.43. The molecule has 1 N–H and O–H groups in total. The molecule has 136 valence electrons. The molecule has 0 amide bonds. The van der Waals surface area contributed by atoms with E-state index >= 15 is 0 Å². The van der Waals surface area contributed by atoms with Crippen molar-refractivity contribution in [2.75, 3.05) is 14.1 Å². The summed E-state index contributed by atoms with van der Waals surface area (Å²) >= 11 is 0. The molecule has 2 aromatic rings. The summed E-state index contributed by atoms with van der Waals surface area (Å²) < 4.78 is 13.3. The highest BCUT2D eigenvalue weighted by molar-refractivity contribution is 5.71. The maximum Gasteiger partial charge on any atom is 0.123 e. The Morgan fingerprint density at radius 3 is 2.42 bits per heavy atom. The smallest absolute Gasteiger partial charge is 0.123 e. The van der Waals surface area contributed by atoms with Crippen LogP contribution in [-0.2, 0) is 5.41 Å². The fourth-order valence-corrected chi connectivity index (χ4v) is 4.21. The van der Waals surface area contributed by atoms with Gasteiger partial charge in [0.25, 0.3) is 0 Å². The molecule has 1 unspecified atom stereocenters. The fourth-order valence-electron chi connectivity index (χ4n) is 4.21. The lowest BCUT2D eigenvalue weighted by atomic mass is 9.85. The van der Waals surface area contributed by atoms with Crippen molar-refractivity contribution in [3.05, 3.63) is 70.4 Å². The Kier molecular flexibility index (Phi) is 4.02. The van der Waals surface area contributed by atoms with Crippen LogP contribution < -0.4 is 0 Å². The second kappa shape index (κ2) is 6.11. The van der Waals surface area contributed by atoms with Gasteiger partial charge in [-0.2, -0.15) is 5.10 Å². The Bertz CT molecular complexity index is 883. The van der Waals surface area contributed by atoms with Gasteiger partial charge in [-0.1, -0.05) is 25.1 Å². The van der Waals surface area contributed by atoms with Crippen LogP contribution in [0.25, 0.3) is 5.57 Å². The zero-order chi connectivity index (χ0) is 18.5. The van der Waals surface area contributed by atoms with E-state index in [1.54, 1.807) is 12.1 Å². The van der Waals surface area contributed by atoms with Crippen molar-refractivity contribution in [1.29, 1.82) is 0 Å². The summed E-state index contributed by atoms with van der Waals surface area (Å²) in [6, 6.07) is 6.94. The minimum Gasteiger partial charge on any atom is -0.381 e. The predicted molar refractivity (Wildman–Crippen MR) is 103 cm³/mol. The highest BCUT2D eigenvalue weighted by Gasteiger charge is 2.48.